The molecule has 0 N–H and O–H groups in total. The van der Waals surface area contributed by atoms with Crippen LogP contribution in [0.3, 0.4) is 0 Å². The fraction of sp³-hybridized carbons (Fsp3) is 0.412. The van der Waals surface area contributed by atoms with E-state index in [0.29, 0.717) is 19.1 Å². The van der Waals surface area contributed by atoms with Crippen LogP contribution in [0.4, 0.5) is 0 Å². The summed E-state index contributed by atoms with van der Waals surface area (Å²) >= 11 is 0. The Labute approximate surface area is 132 Å². The maximum Gasteiger partial charge on any atom is 0.218 e. The standard InChI is InChI=1S/C17H22N2O2S/c1-15-4-6-16(7-5-15)14-22(20,21)19-12-8-17(9-13-19)18-10-2-3-11-18/h2-7,10-11,17H,8-9,12-14H2,1H3. The van der Waals surface area contributed by atoms with Gasteiger partial charge in [-0.3, -0.25) is 0 Å². The highest BCUT2D eigenvalue weighted by atomic mass is 32.2. The highest BCUT2D eigenvalue weighted by Crippen LogP contribution is 2.25. The second-order valence-electron chi connectivity index (χ2n) is 6.00. The summed E-state index contributed by atoms with van der Waals surface area (Å²) in [6, 6.07) is 12.2. The molecule has 0 amide bonds. The van der Waals surface area contributed by atoms with Crippen molar-refractivity contribution in [3.8, 4) is 0 Å². The minimum atomic E-state index is -3.22. The zero-order valence-corrected chi connectivity index (χ0v) is 13.7. The number of sulfonamides is 1. The van der Waals surface area contributed by atoms with Crippen molar-refractivity contribution in [3.63, 3.8) is 0 Å². The molecule has 1 aromatic carbocycles. The summed E-state index contributed by atoms with van der Waals surface area (Å²) in [6.45, 7) is 3.22. The molecule has 1 aromatic heterocycles. The van der Waals surface area contributed by atoms with E-state index in [0.717, 1.165) is 24.0 Å². The van der Waals surface area contributed by atoms with E-state index in [9.17, 15) is 8.42 Å². The van der Waals surface area contributed by atoms with E-state index in [4.69, 9.17) is 0 Å². The molecule has 0 atom stereocenters. The smallest absolute Gasteiger partial charge is 0.218 e. The van der Waals surface area contributed by atoms with Crippen LogP contribution in [0.15, 0.2) is 48.8 Å². The van der Waals surface area contributed by atoms with Gasteiger partial charge in [0.1, 0.15) is 0 Å². The zero-order chi connectivity index (χ0) is 15.6. The second kappa shape index (κ2) is 6.26. The first-order valence-electron chi connectivity index (χ1n) is 7.70. The second-order valence-corrected chi connectivity index (χ2v) is 7.97. The number of aryl methyl sites for hydroxylation is 1. The van der Waals surface area contributed by atoms with Gasteiger partial charge in [-0.25, -0.2) is 12.7 Å². The van der Waals surface area contributed by atoms with Crippen molar-refractivity contribution in [2.75, 3.05) is 13.1 Å². The van der Waals surface area contributed by atoms with Gasteiger partial charge in [0.05, 0.1) is 5.75 Å². The molecule has 22 heavy (non-hydrogen) atoms. The van der Waals surface area contributed by atoms with Gasteiger partial charge < -0.3 is 4.57 Å². The van der Waals surface area contributed by atoms with Crippen molar-refractivity contribution >= 4 is 10.0 Å². The van der Waals surface area contributed by atoms with Crippen molar-refractivity contribution in [1.29, 1.82) is 0 Å². The molecule has 2 heterocycles. The maximum atomic E-state index is 12.6. The van der Waals surface area contributed by atoms with Crippen molar-refractivity contribution in [3.05, 3.63) is 59.9 Å². The lowest BCUT2D eigenvalue weighted by Gasteiger charge is -2.32. The Kier molecular flexibility index (Phi) is 4.36. The molecule has 0 radical (unpaired) electrons. The quantitative estimate of drug-likeness (QED) is 0.870. The van der Waals surface area contributed by atoms with E-state index in [1.54, 1.807) is 4.31 Å². The molecule has 1 saturated heterocycles. The van der Waals surface area contributed by atoms with Crippen LogP contribution in [0.25, 0.3) is 0 Å². The van der Waals surface area contributed by atoms with E-state index in [2.05, 4.69) is 17.0 Å². The molecular formula is C17H22N2O2S. The molecule has 0 spiro atoms. The molecule has 0 aliphatic carbocycles. The van der Waals surface area contributed by atoms with E-state index < -0.39 is 10.0 Å². The van der Waals surface area contributed by atoms with Gasteiger partial charge in [-0.1, -0.05) is 29.8 Å². The molecule has 4 nitrogen and oxygen atoms in total. The summed E-state index contributed by atoms with van der Waals surface area (Å²) in [5, 5.41) is 0. The van der Waals surface area contributed by atoms with E-state index in [-0.39, 0.29) is 5.75 Å². The Morgan fingerprint density at radius 2 is 1.64 bits per heavy atom. The predicted molar refractivity (Wildman–Crippen MR) is 88.1 cm³/mol. The van der Waals surface area contributed by atoms with E-state index >= 15 is 0 Å². The minimum Gasteiger partial charge on any atom is -0.351 e. The molecule has 5 heteroatoms. The average molecular weight is 318 g/mol. The molecule has 1 aliphatic rings. The van der Waals surface area contributed by atoms with Crippen LogP contribution in [-0.4, -0.2) is 30.4 Å². The lowest BCUT2D eigenvalue weighted by atomic mass is 10.1. The lowest BCUT2D eigenvalue weighted by molar-refractivity contribution is 0.274. The predicted octanol–water partition coefficient (Wildman–Crippen LogP) is 2.96. The van der Waals surface area contributed by atoms with Crippen LogP contribution in [-0.2, 0) is 15.8 Å². The topological polar surface area (TPSA) is 42.3 Å². The highest BCUT2D eigenvalue weighted by Gasteiger charge is 2.28. The summed E-state index contributed by atoms with van der Waals surface area (Å²) in [7, 11) is -3.22. The van der Waals surface area contributed by atoms with Crippen molar-refractivity contribution in [1.82, 2.24) is 8.87 Å². The van der Waals surface area contributed by atoms with Crippen LogP contribution in [0, 0.1) is 6.92 Å². The molecule has 3 rings (SSSR count). The van der Waals surface area contributed by atoms with Gasteiger partial charge >= 0.3 is 0 Å². The largest absolute Gasteiger partial charge is 0.351 e. The summed E-state index contributed by atoms with van der Waals surface area (Å²) < 4.78 is 28.9. The number of hydrogen-bond donors (Lipinski definition) is 0. The molecular weight excluding hydrogens is 296 g/mol. The number of benzene rings is 1. The van der Waals surface area contributed by atoms with Gasteiger partial charge in [-0.15, -0.1) is 0 Å². The normalized spacial score (nSPS) is 17.7. The third kappa shape index (κ3) is 3.42. The number of hydrogen-bond acceptors (Lipinski definition) is 2. The number of aromatic nitrogens is 1. The Hall–Kier alpha value is -1.59. The Balaban J connectivity index is 1.63. The number of nitrogens with zero attached hydrogens (tertiary/aromatic N) is 2. The summed E-state index contributed by atoms with van der Waals surface area (Å²) in [5.74, 6) is 0.0987. The van der Waals surface area contributed by atoms with Gasteiger partial charge in [-0.05, 0) is 37.5 Å². The van der Waals surface area contributed by atoms with Gasteiger partial charge in [-0.2, -0.15) is 0 Å². The third-order valence-corrected chi connectivity index (χ3v) is 6.19. The first kappa shape index (κ1) is 15.3. The lowest BCUT2D eigenvalue weighted by Crippen LogP contribution is -2.39. The number of rotatable bonds is 4. The monoisotopic (exact) mass is 318 g/mol. The van der Waals surface area contributed by atoms with Crippen molar-refractivity contribution < 1.29 is 8.42 Å². The minimum absolute atomic E-state index is 0.0987. The van der Waals surface area contributed by atoms with Gasteiger partial charge in [0.2, 0.25) is 10.0 Å². The first-order chi connectivity index (χ1) is 10.5. The van der Waals surface area contributed by atoms with E-state index in [1.807, 2.05) is 43.3 Å². The molecule has 2 aromatic rings. The van der Waals surface area contributed by atoms with Gasteiger partial charge in [0, 0.05) is 31.5 Å². The van der Waals surface area contributed by atoms with Gasteiger partial charge in [0.25, 0.3) is 0 Å². The average Bonchev–Trinajstić information content (AvgIpc) is 3.04. The molecule has 1 fully saturated rings. The fourth-order valence-electron chi connectivity index (χ4n) is 3.00. The van der Waals surface area contributed by atoms with Crippen LogP contribution in [0.5, 0.6) is 0 Å². The SMILES string of the molecule is Cc1ccc(CS(=O)(=O)N2CCC(n3cccc3)CC2)cc1. The molecule has 0 saturated carbocycles. The zero-order valence-electron chi connectivity index (χ0n) is 12.9. The summed E-state index contributed by atoms with van der Waals surface area (Å²) in [4.78, 5) is 0. The van der Waals surface area contributed by atoms with E-state index in [1.165, 1.54) is 0 Å². The van der Waals surface area contributed by atoms with Crippen molar-refractivity contribution in [2.24, 2.45) is 0 Å². The third-order valence-electron chi connectivity index (χ3n) is 4.34. The molecule has 1 aliphatic heterocycles. The summed E-state index contributed by atoms with van der Waals surface area (Å²) in [6.07, 6.45) is 5.87. The van der Waals surface area contributed by atoms with Crippen molar-refractivity contribution in [2.45, 2.75) is 31.6 Å². The Bertz CT molecular complexity index is 698. The van der Waals surface area contributed by atoms with Crippen LogP contribution in [0.1, 0.15) is 30.0 Å². The van der Waals surface area contributed by atoms with Crippen LogP contribution < -0.4 is 0 Å². The number of piperidine rings is 1. The van der Waals surface area contributed by atoms with Crippen LogP contribution in [0.2, 0.25) is 0 Å². The highest BCUT2D eigenvalue weighted by molar-refractivity contribution is 7.88. The van der Waals surface area contributed by atoms with Gasteiger partial charge in [0.15, 0.2) is 0 Å². The first-order valence-corrected chi connectivity index (χ1v) is 9.31. The molecule has 0 unspecified atom stereocenters. The Morgan fingerprint density at radius 3 is 2.23 bits per heavy atom. The summed E-state index contributed by atoms with van der Waals surface area (Å²) in [5.41, 5.74) is 2.01. The Morgan fingerprint density at radius 1 is 1.05 bits per heavy atom. The molecule has 118 valence electrons. The van der Waals surface area contributed by atoms with Crippen LogP contribution >= 0.6 is 0 Å². The molecule has 0 bridgehead atoms. The maximum absolute atomic E-state index is 12.6. The fourth-order valence-corrected chi connectivity index (χ4v) is 4.56.